The molecule has 0 unspecified atom stereocenters. The zero-order valence-corrected chi connectivity index (χ0v) is 28.7. The number of piperazine rings is 1. The molecule has 9 nitrogen and oxygen atoms in total. The van der Waals surface area contributed by atoms with Gasteiger partial charge in [-0.1, -0.05) is 19.9 Å². The second-order valence-electron chi connectivity index (χ2n) is 14.1. The predicted molar refractivity (Wildman–Crippen MR) is 187 cm³/mol. The summed E-state index contributed by atoms with van der Waals surface area (Å²) < 4.78 is 56.4. The van der Waals surface area contributed by atoms with E-state index in [1.165, 1.54) is 48.4 Å². The normalized spacial score (nSPS) is 21.6. The zero-order valence-electron chi connectivity index (χ0n) is 28.7. The number of aromatic nitrogens is 3. The molecule has 3 aromatic carbocycles. The van der Waals surface area contributed by atoms with Gasteiger partial charge in [0.2, 0.25) is 0 Å². The Morgan fingerprint density at radius 2 is 1.67 bits per heavy atom. The standard InChI is InChI=1S/C39H41F3N6O3/c1-38(2)21-33(47-17-15-46(16-18-47)32-10-3-28(4-11-32)37(49)45-31-8-5-29(40)6-9-31)12-14-36(38)50-22-27-20-39(51-23-27,24-48-26-43-25-44-48)34-13-7-30(41)19-35(34)42/h3-14,19,25-27H,15-18,20-24H2,1-2H3,(H,45,49)/t27-,39+/m1/s1. The van der Waals surface area contributed by atoms with E-state index >= 15 is 4.39 Å². The monoisotopic (exact) mass is 698 g/mol. The van der Waals surface area contributed by atoms with Crippen LogP contribution in [0.2, 0.25) is 0 Å². The first-order valence-electron chi connectivity index (χ1n) is 17.2. The number of carbonyl (C=O) groups is 1. The molecule has 12 heteroatoms. The van der Waals surface area contributed by atoms with Crippen molar-refractivity contribution < 1.29 is 27.4 Å². The van der Waals surface area contributed by atoms with E-state index in [1.54, 1.807) is 11.0 Å². The number of nitrogens with one attached hydrogen (secondary N) is 1. The molecule has 0 bridgehead atoms. The molecule has 1 aromatic heterocycles. The second-order valence-corrected chi connectivity index (χ2v) is 14.1. The number of amides is 1. The van der Waals surface area contributed by atoms with Crippen LogP contribution < -0.4 is 10.2 Å². The van der Waals surface area contributed by atoms with Crippen molar-refractivity contribution in [2.75, 3.05) is 49.6 Å². The summed E-state index contributed by atoms with van der Waals surface area (Å²) in [5, 5.41) is 7.00. The Bertz CT molecular complexity index is 1910. The third-order valence-electron chi connectivity index (χ3n) is 9.99. The van der Waals surface area contributed by atoms with Crippen LogP contribution in [0.25, 0.3) is 0 Å². The van der Waals surface area contributed by atoms with Crippen molar-refractivity contribution in [1.29, 1.82) is 0 Å². The SMILES string of the molecule is CC1(C)CC(N2CCN(c3ccc(C(=O)Nc4ccc(F)cc4)cc3)CC2)=CC=C1OC[C@@H]1CO[C@@](Cn2cncn2)(c2ccc(F)cc2F)C1. The van der Waals surface area contributed by atoms with Crippen LogP contribution >= 0.6 is 0 Å². The van der Waals surface area contributed by atoms with E-state index in [1.807, 2.05) is 24.3 Å². The largest absolute Gasteiger partial charge is 0.497 e. The number of nitrogens with zero attached hydrogens (tertiary/aromatic N) is 5. The Morgan fingerprint density at radius 1 is 0.941 bits per heavy atom. The van der Waals surface area contributed by atoms with E-state index in [0.717, 1.165) is 50.1 Å². The van der Waals surface area contributed by atoms with Gasteiger partial charge in [-0.15, -0.1) is 0 Å². The molecule has 266 valence electrons. The molecule has 1 amide bonds. The fraction of sp³-hybridized carbons (Fsp3) is 0.359. The molecular weight excluding hydrogens is 657 g/mol. The number of allylic oxidation sites excluding steroid dienone is 4. The maximum atomic E-state index is 15.1. The molecule has 4 aromatic rings. The smallest absolute Gasteiger partial charge is 0.255 e. The van der Waals surface area contributed by atoms with Gasteiger partial charge in [-0.2, -0.15) is 5.10 Å². The highest BCUT2D eigenvalue weighted by Gasteiger charge is 2.45. The van der Waals surface area contributed by atoms with Crippen LogP contribution in [0, 0.1) is 28.8 Å². The van der Waals surface area contributed by atoms with Gasteiger partial charge in [-0.3, -0.25) is 4.79 Å². The number of benzene rings is 3. The van der Waals surface area contributed by atoms with Crippen molar-refractivity contribution in [3.63, 3.8) is 0 Å². The quantitative estimate of drug-likeness (QED) is 0.193. The molecule has 51 heavy (non-hydrogen) atoms. The number of halogens is 3. The van der Waals surface area contributed by atoms with Crippen molar-refractivity contribution in [3.05, 3.63) is 132 Å². The predicted octanol–water partition coefficient (Wildman–Crippen LogP) is 6.92. The number of rotatable bonds is 10. The van der Waals surface area contributed by atoms with Gasteiger partial charge in [-0.25, -0.2) is 22.8 Å². The second kappa shape index (κ2) is 14.3. The Balaban J connectivity index is 0.940. The van der Waals surface area contributed by atoms with Crippen LogP contribution in [0.4, 0.5) is 24.5 Å². The minimum atomic E-state index is -1.02. The summed E-state index contributed by atoms with van der Waals surface area (Å²) in [6.45, 7) is 8.83. The lowest BCUT2D eigenvalue weighted by atomic mass is 9.81. The molecule has 0 saturated carbocycles. The molecule has 2 fully saturated rings. The molecule has 1 aliphatic carbocycles. The van der Waals surface area contributed by atoms with Crippen molar-refractivity contribution in [1.82, 2.24) is 19.7 Å². The highest BCUT2D eigenvalue weighted by atomic mass is 19.1. The number of hydrogen-bond donors (Lipinski definition) is 1. The molecule has 2 atom stereocenters. The van der Waals surface area contributed by atoms with E-state index in [0.29, 0.717) is 36.4 Å². The summed E-state index contributed by atoms with van der Waals surface area (Å²) in [5.74, 6) is -0.982. The Morgan fingerprint density at radius 3 is 2.35 bits per heavy atom. The van der Waals surface area contributed by atoms with Gasteiger partial charge >= 0.3 is 0 Å². The fourth-order valence-electron chi connectivity index (χ4n) is 7.26. The lowest BCUT2D eigenvalue weighted by Gasteiger charge is -2.42. The van der Waals surface area contributed by atoms with Crippen LogP contribution in [0.1, 0.15) is 42.6 Å². The average molecular weight is 699 g/mol. The van der Waals surface area contributed by atoms with Crippen LogP contribution in [0.3, 0.4) is 0 Å². The lowest BCUT2D eigenvalue weighted by molar-refractivity contribution is -0.0210. The van der Waals surface area contributed by atoms with Crippen LogP contribution in [-0.4, -0.2) is 65.0 Å². The maximum absolute atomic E-state index is 15.1. The van der Waals surface area contributed by atoms with Crippen LogP contribution in [0.15, 0.2) is 103 Å². The average Bonchev–Trinajstić information content (AvgIpc) is 3.79. The molecule has 7 rings (SSSR count). The first-order valence-corrected chi connectivity index (χ1v) is 17.2. The van der Waals surface area contributed by atoms with E-state index < -0.39 is 17.2 Å². The first kappa shape index (κ1) is 34.4. The summed E-state index contributed by atoms with van der Waals surface area (Å²) in [5.41, 5.74) is 2.46. The fourth-order valence-corrected chi connectivity index (χ4v) is 7.26. The van der Waals surface area contributed by atoms with E-state index in [9.17, 15) is 13.6 Å². The number of carbonyl (C=O) groups excluding carboxylic acids is 1. The van der Waals surface area contributed by atoms with Crippen molar-refractivity contribution in [2.45, 2.75) is 38.8 Å². The lowest BCUT2D eigenvalue weighted by Crippen LogP contribution is -2.46. The van der Waals surface area contributed by atoms with Gasteiger partial charge in [0, 0.05) is 71.8 Å². The highest BCUT2D eigenvalue weighted by Crippen LogP contribution is 2.44. The summed E-state index contributed by atoms with van der Waals surface area (Å²) in [6, 6.07) is 16.9. The Hall–Kier alpha value is -5.10. The Labute approximate surface area is 295 Å². The summed E-state index contributed by atoms with van der Waals surface area (Å²) >= 11 is 0. The first-order chi connectivity index (χ1) is 24.6. The molecular formula is C39H41F3N6O3. The third-order valence-corrected chi connectivity index (χ3v) is 9.99. The van der Waals surface area contributed by atoms with Crippen molar-refractivity contribution >= 4 is 17.3 Å². The summed E-state index contributed by atoms with van der Waals surface area (Å²) in [7, 11) is 0. The summed E-state index contributed by atoms with van der Waals surface area (Å²) in [4.78, 5) is 21.4. The molecule has 2 aliphatic heterocycles. The zero-order chi connectivity index (χ0) is 35.6. The molecule has 0 spiro atoms. The minimum absolute atomic E-state index is 0.00798. The van der Waals surface area contributed by atoms with Crippen molar-refractivity contribution in [3.8, 4) is 0 Å². The number of anilines is 2. The molecule has 3 aliphatic rings. The van der Waals surface area contributed by atoms with Gasteiger partial charge in [0.1, 0.15) is 41.5 Å². The molecule has 1 N–H and O–H groups in total. The maximum Gasteiger partial charge on any atom is 0.255 e. The van der Waals surface area contributed by atoms with Gasteiger partial charge in [0.25, 0.3) is 5.91 Å². The summed E-state index contributed by atoms with van der Waals surface area (Å²) in [6.07, 6.45) is 8.52. The van der Waals surface area contributed by atoms with Gasteiger partial charge in [0.05, 0.1) is 19.8 Å². The highest BCUT2D eigenvalue weighted by molar-refractivity contribution is 6.04. The minimum Gasteiger partial charge on any atom is -0.497 e. The van der Waals surface area contributed by atoms with Gasteiger partial charge in [-0.05, 0) is 79.6 Å². The van der Waals surface area contributed by atoms with Crippen LogP contribution in [-0.2, 0) is 21.6 Å². The van der Waals surface area contributed by atoms with E-state index in [4.69, 9.17) is 9.47 Å². The van der Waals surface area contributed by atoms with Gasteiger partial charge < -0.3 is 24.6 Å². The molecule has 0 radical (unpaired) electrons. The number of hydrogen-bond acceptors (Lipinski definition) is 7. The third kappa shape index (κ3) is 7.65. The molecule has 3 heterocycles. The topological polar surface area (TPSA) is 84.8 Å². The van der Waals surface area contributed by atoms with E-state index in [2.05, 4.69) is 51.2 Å². The Kier molecular flexibility index (Phi) is 9.61. The van der Waals surface area contributed by atoms with Gasteiger partial charge in [0.15, 0.2) is 0 Å². The van der Waals surface area contributed by atoms with Crippen molar-refractivity contribution in [2.24, 2.45) is 11.3 Å². The van der Waals surface area contributed by atoms with E-state index in [-0.39, 0.29) is 29.6 Å². The van der Waals surface area contributed by atoms with Crippen LogP contribution in [0.5, 0.6) is 0 Å². The molecule has 2 saturated heterocycles. The number of ether oxygens (including phenoxy) is 2.